The number of ketones is 1. The Kier molecular flexibility index (Phi) is 5.03. The van der Waals surface area contributed by atoms with Crippen molar-refractivity contribution >= 4 is 34.5 Å². The molecule has 1 aliphatic heterocycles. The van der Waals surface area contributed by atoms with Gasteiger partial charge in [-0.15, -0.1) is 11.3 Å². The molecule has 30 heavy (non-hydrogen) atoms. The molecular formula is C24H20FNO3S. The summed E-state index contributed by atoms with van der Waals surface area (Å²) in [5.74, 6) is -2.15. The van der Waals surface area contributed by atoms with Crippen LogP contribution in [0.3, 0.4) is 0 Å². The molecule has 2 aromatic carbocycles. The minimum atomic E-state index is -0.780. The van der Waals surface area contributed by atoms with Crippen LogP contribution in [0.2, 0.25) is 0 Å². The van der Waals surface area contributed by atoms with E-state index in [2.05, 4.69) is 0 Å². The van der Waals surface area contributed by atoms with E-state index in [-0.39, 0.29) is 11.3 Å². The highest BCUT2D eigenvalue weighted by atomic mass is 32.1. The molecule has 0 aliphatic carbocycles. The van der Waals surface area contributed by atoms with Crippen LogP contribution in [0.15, 0.2) is 59.5 Å². The van der Waals surface area contributed by atoms with Gasteiger partial charge in [0.2, 0.25) is 0 Å². The first-order valence-corrected chi connectivity index (χ1v) is 10.4. The van der Waals surface area contributed by atoms with E-state index < -0.39 is 23.5 Å². The molecule has 6 heteroatoms. The lowest BCUT2D eigenvalue weighted by molar-refractivity contribution is -0.132. The molecule has 4 nitrogen and oxygen atoms in total. The predicted molar refractivity (Wildman–Crippen MR) is 116 cm³/mol. The quantitative estimate of drug-likeness (QED) is 0.348. The van der Waals surface area contributed by atoms with Crippen LogP contribution in [0.1, 0.15) is 33.2 Å². The molecule has 3 aromatic rings. The molecule has 1 unspecified atom stereocenters. The van der Waals surface area contributed by atoms with Crippen molar-refractivity contribution in [2.45, 2.75) is 26.8 Å². The lowest BCUT2D eigenvalue weighted by atomic mass is 9.96. The van der Waals surface area contributed by atoms with Crippen molar-refractivity contribution in [2.75, 3.05) is 4.90 Å². The summed E-state index contributed by atoms with van der Waals surface area (Å²) < 4.78 is 13.5. The van der Waals surface area contributed by atoms with E-state index in [9.17, 15) is 19.1 Å². The topological polar surface area (TPSA) is 57.6 Å². The van der Waals surface area contributed by atoms with Gasteiger partial charge in [-0.1, -0.05) is 12.1 Å². The molecule has 152 valence electrons. The Labute approximate surface area is 177 Å². The molecule has 1 N–H and O–H groups in total. The van der Waals surface area contributed by atoms with Crippen molar-refractivity contribution in [1.82, 2.24) is 0 Å². The van der Waals surface area contributed by atoms with Crippen LogP contribution in [-0.2, 0) is 9.59 Å². The fraction of sp³-hybridized carbons (Fsp3) is 0.167. The Balaban J connectivity index is 1.95. The van der Waals surface area contributed by atoms with Gasteiger partial charge in [0.05, 0.1) is 5.57 Å². The number of halogens is 1. The predicted octanol–water partition coefficient (Wildman–Crippen LogP) is 5.44. The number of carbonyl (C=O) groups excluding carboxylic acids is 2. The molecule has 1 fully saturated rings. The average Bonchev–Trinajstić information content (AvgIpc) is 3.25. The van der Waals surface area contributed by atoms with E-state index in [1.54, 1.807) is 12.1 Å². The Bertz CT molecular complexity index is 1190. The highest BCUT2D eigenvalue weighted by Crippen LogP contribution is 2.44. The molecule has 1 saturated heterocycles. The number of hydrogen-bond donors (Lipinski definition) is 1. The third-order valence-electron chi connectivity index (χ3n) is 5.48. The smallest absolute Gasteiger partial charge is 0.300 e. The lowest BCUT2D eigenvalue weighted by Crippen LogP contribution is -2.29. The van der Waals surface area contributed by atoms with Crippen LogP contribution in [0.25, 0.3) is 5.76 Å². The number of benzene rings is 2. The van der Waals surface area contributed by atoms with Crippen LogP contribution >= 0.6 is 11.3 Å². The highest BCUT2D eigenvalue weighted by molar-refractivity contribution is 7.10. The molecule has 0 radical (unpaired) electrons. The second kappa shape index (κ2) is 7.54. The molecule has 1 aromatic heterocycles. The second-order valence-electron chi connectivity index (χ2n) is 7.41. The van der Waals surface area contributed by atoms with Crippen LogP contribution < -0.4 is 4.90 Å². The van der Waals surface area contributed by atoms with E-state index in [1.165, 1.54) is 40.5 Å². The number of nitrogens with zero attached hydrogens (tertiary/aromatic N) is 1. The van der Waals surface area contributed by atoms with E-state index >= 15 is 0 Å². The van der Waals surface area contributed by atoms with Gasteiger partial charge >= 0.3 is 0 Å². The fourth-order valence-corrected chi connectivity index (χ4v) is 4.68. The third kappa shape index (κ3) is 3.23. The molecule has 2 heterocycles. The number of aliphatic hydroxyl groups is 1. The molecule has 0 bridgehead atoms. The van der Waals surface area contributed by atoms with E-state index in [0.717, 1.165) is 21.6 Å². The number of hydrogen-bond acceptors (Lipinski definition) is 4. The SMILES string of the molecule is Cc1ccc(/C(O)=C2/C(=O)C(=O)N(c3ccc(F)cc3)C2c2sccc2C)cc1C. The number of thiophene rings is 1. The number of aryl methyl sites for hydroxylation is 3. The molecule has 1 atom stereocenters. The van der Waals surface area contributed by atoms with Crippen molar-refractivity contribution in [3.8, 4) is 0 Å². The average molecular weight is 421 g/mol. The number of anilines is 1. The third-order valence-corrected chi connectivity index (χ3v) is 6.55. The highest BCUT2D eigenvalue weighted by Gasteiger charge is 2.47. The molecule has 0 saturated carbocycles. The van der Waals surface area contributed by atoms with Crippen LogP contribution in [0, 0.1) is 26.6 Å². The summed E-state index contributed by atoms with van der Waals surface area (Å²) in [4.78, 5) is 28.2. The van der Waals surface area contributed by atoms with Crippen LogP contribution in [0.4, 0.5) is 10.1 Å². The monoisotopic (exact) mass is 421 g/mol. The van der Waals surface area contributed by atoms with Gasteiger partial charge in [-0.25, -0.2) is 4.39 Å². The van der Waals surface area contributed by atoms with Gasteiger partial charge in [0.15, 0.2) is 0 Å². The maximum Gasteiger partial charge on any atom is 0.300 e. The summed E-state index contributed by atoms with van der Waals surface area (Å²) in [6.07, 6.45) is 0. The minimum Gasteiger partial charge on any atom is -0.507 e. The Hall–Kier alpha value is -3.25. The number of Topliss-reactive ketones (excluding diaryl/α,β-unsaturated/α-hetero) is 1. The maximum absolute atomic E-state index is 13.5. The van der Waals surface area contributed by atoms with Gasteiger partial charge in [-0.2, -0.15) is 0 Å². The zero-order valence-electron chi connectivity index (χ0n) is 16.8. The van der Waals surface area contributed by atoms with E-state index in [0.29, 0.717) is 11.3 Å². The summed E-state index contributed by atoms with van der Waals surface area (Å²) in [6.45, 7) is 5.78. The van der Waals surface area contributed by atoms with Gasteiger partial charge < -0.3 is 5.11 Å². The van der Waals surface area contributed by atoms with Crippen LogP contribution in [-0.4, -0.2) is 16.8 Å². The van der Waals surface area contributed by atoms with Crippen molar-refractivity contribution in [3.05, 3.63) is 92.4 Å². The number of rotatable bonds is 3. The molecule has 1 aliphatic rings. The molecular weight excluding hydrogens is 401 g/mol. The van der Waals surface area contributed by atoms with Gasteiger partial charge in [0, 0.05) is 16.1 Å². The number of amides is 1. The number of carbonyl (C=O) groups is 2. The standard InChI is InChI=1S/C24H20FNO3S/c1-13-4-5-16(12-15(13)3)21(27)19-20(23-14(2)10-11-30-23)26(24(29)22(19)28)18-8-6-17(25)7-9-18/h4-12,20,27H,1-3H3/b21-19-. The summed E-state index contributed by atoms with van der Waals surface area (Å²) in [7, 11) is 0. The molecule has 0 spiro atoms. The van der Waals surface area contributed by atoms with E-state index in [1.807, 2.05) is 38.3 Å². The zero-order valence-corrected chi connectivity index (χ0v) is 17.6. The minimum absolute atomic E-state index is 0.0399. The Morgan fingerprint density at radius 3 is 2.27 bits per heavy atom. The van der Waals surface area contributed by atoms with Gasteiger partial charge in [-0.05, 0) is 79.2 Å². The normalized spacial score (nSPS) is 18.3. The van der Waals surface area contributed by atoms with Crippen LogP contribution in [0.5, 0.6) is 0 Å². The van der Waals surface area contributed by atoms with Gasteiger partial charge in [-0.3, -0.25) is 14.5 Å². The van der Waals surface area contributed by atoms with Gasteiger partial charge in [0.1, 0.15) is 17.6 Å². The first-order valence-electron chi connectivity index (χ1n) is 9.47. The molecule has 4 rings (SSSR count). The molecule has 1 amide bonds. The van der Waals surface area contributed by atoms with Crippen molar-refractivity contribution in [2.24, 2.45) is 0 Å². The lowest BCUT2D eigenvalue weighted by Gasteiger charge is -2.25. The first kappa shape index (κ1) is 20.0. The summed E-state index contributed by atoms with van der Waals surface area (Å²) in [5, 5.41) is 13.0. The van der Waals surface area contributed by atoms with E-state index in [4.69, 9.17) is 0 Å². The summed E-state index contributed by atoms with van der Waals surface area (Å²) in [5.41, 5.74) is 3.85. The van der Waals surface area contributed by atoms with Crippen molar-refractivity contribution < 1.29 is 19.1 Å². The van der Waals surface area contributed by atoms with Crippen molar-refractivity contribution in [1.29, 1.82) is 0 Å². The largest absolute Gasteiger partial charge is 0.507 e. The zero-order chi connectivity index (χ0) is 21.6. The first-order chi connectivity index (χ1) is 14.3. The van der Waals surface area contributed by atoms with Gasteiger partial charge in [0.25, 0.3) is 11.7 Å². The second-order valence-corrected chi connectivity index (χ2v) is 8.36. The fourth-order valence-electron chi connectivity index (χ4n) is 3.66. The maximum atomic E-state index is 13.5. The van der Waals surface area contributed by atoms with Crippen molar-refractivity contribution in [3.63, 3.8) is 0 Å². The Morgan fingerprint density at radius 2 is 1.67 bits per heavy atom. The number of aliphatic hydroxyl groups excluding tert-OH is 1. The Morgan fingerprint density at radius 1 is 0.967 bits per heavy atom. The summed E-state index contributed by atoms with van der Waals surface area (Å²) >= 11 is 1.41. The summed E-state index contributed by atoms with van der Waals surface area (Å²) in [6, 6.07) is 11.9.